The Morgan fingerprint density at radius 2 is 1.83 bits per heavy atom. The molecular weight excluding hydrogens is 148 g/mol. The fourth-order valence-electron chi connectivity index (χ4n) is 1.27. The van der Waals surface area contributed by atoms with Gasteiger partial charge in [0.2, 0.25) is 0 Å². The van der Waals surface area contributed by atoms with Gasteiger partial charge in [0.15, 0.2) is 0 Å². The van der Waals surface area contributed by atoms with E-state index < -0.39 is 0 Å². The van der Waals surface area contributed by atoms with E-state index in [9.17, 15) is 0 Å². The molecule has 1 aromatic carbocycles. The van der Waals surface area contributed by atoms with Crippen molar-refractivity contribution < 1.29 is 4.79 Å². The van der Waals surface area contributed by atoms with Gasteiger partial charge in [-0.25, -0.2) is 0 Å². The van der Waals surface area contributed by atoms with Crippen LogP contribution in [0.4, 0.5) is 0 Å². The molecule has 0 atom stereocenters. The second-order valence-corrected chi connectivity index (χ2v) is 2.80. The van der Waals surface area contributed by atoms with Crippen LogP contribution in [0.3, 0.4) is 0 Å². The number of rotatable bonds is 1. The first-order valence-corrected chi connectivity index (χ1v) is 3.87. The van der Waals surface area contributed by atoms with Gasteiger partial charge in [-0.05, 0) is 11.1 Å². The summed E-state index contributed by atoms with van der Waals surface area (Å²) in [5.74, 6) is 0. The largest absolute Gasteiger partial charge is 0.361 e. The molecule has 58 valence electrons. The Morgan fingerprint density at radius 3 is 2.42 bits per heavy atom. The van der Waals surface area contributed by atoms with Gasteiger partial charge in [0.05, 0.1) is 6.42 Å². The van der Waals surface area contributed by atoms with E-state index in [1.165, 1.54) is 11.1 Å². The molecule has 1 aliphatic rings. The molecule has 0 amide bonds. The van der Waals surface area contributed by atoms with Crippen LogP contribution in [0.25, 0.3) is 11.1 Å². The minimum atomic E-state index is 0.758. The van der Waals surface area contributed by atoms with Gasteiger partial charge in [-0.2, -0.15) is 4.79 Å². The molecule has 0 fully saturated rings. The van der Waals surface area contributed by atoms with Crippen LogP contribution in [0.5, 0.6) is 0 Å². The van der Waals surface area contributed by atoms with Crippen LogP contribution in [0.2, 0.25) is 0 Å². The van der Waals surface area contributed by atoms with E-state index in [-0.39, 0.29) is 0 Å². The number of nitrogens with zero attached hydrogens (tertiary/aromatic N) is 2. The molecule has 0 aliphatic heterocycles. The van der Waals surface area contributed by atoms with Gasteiger partial charge in [0.25, 0.3) is 5.71 Å². The smallest absolute Gasteiger partial charge is 0.296 e. The highest BCUT2D eigenvalue weighted by Gasteiger charge is 2.20. The zero-order valence-corrected chi connectivity index (χ0v) is 6.57. The van der Waals surface area contributed by atoms with Crippen LogP contribution in [0, 0.1) is 0 Å². The monoisotopic (exact) mass is 156 g/mol. The number of hydrogen-bond donors (Lipinski definition) is 0. The summed E-state index contributed by atoms with van der Waals surface area (Å²) < 4.78 is 0. The maximum Gasteiger partial charge on any atom is 0.296 e. The van der Waals surface area contributed by atoms with Crippen molar-refractivity contribution in [3.63, 3.8) is 0 Å². The van der Waals surface area contributed by atoms with Gasteiger partial charge in [-0.3, -0.25) is 0 Å². The minimum absolute atomic E-state index is 0.758. The molecule has 1 aromatic rings. The summed E-state index contributed by atoms with van der Waals surface area (Å²) in [4.78, 5) is 3.11. The quantitative estimate of drug-likeness (QED) is 0.441. The van der Waals surface area contributed by atoms with Crippen LogP contribution < -0.4 is 0 Å². The first-order chi connectivity index (χ1) is 5.90. The van der Waals surface area contributed by atoms with E-state index >= 15 is 0 Å². The minimum Gasteiger partial charge on any atom is -0.361 e. The summed E-state index contributed by atoms with van der Waals surface area (Å²) in [5, 5.41) is 0. The first-order valence-electron chi connectivity index (χ1n) is 3.87. The molecule has 0 bridgehead atoms. The second kappa shape index (κ2) is 2.76. The topological polar surface area (TPSA) is 36.4 Å². The molecule has 0 radical (unpaired) electrons. The SMILES string of the molecule is [N-]=[N+]=C1C=C(c2ccccc2)C1. The highest BCUT2D eigenvalue weighted by molar-refractivity contribution is 6.11. The molecule has 12 heavy (non-hydrogen) atoms. The number of benzene rings is 1. The van der Waals surface area contributed by atoms with Gasteiger partial charge >= 0.3 is 0 Å². The van der Waals surface area contributed by atoms with Crippen molar-refractivity contribution in [1.29, 1.82) is 0 Å². The second-order valence-electron chi connectivity index (χ2n) is 2.80. The van der Waals surface area contributed by atoms with Gasteiger partial charge in [-0.1, -0.05) is 30.3 Å². The molecule has 0 unspecified atom stereocenters. The highest BCUT2D eigenvalue weighted by Crippen LogP contribution is 2.25. The van der Waals surface area contributed by atoms with Crippen LogP contribution in [0.1, 0.15) is 12.0 Å². The summed E-state index contributed by atoms with van der Waals surface area (Å²) in [6.45, 7) is 0. The standard InChI is InChI=1S/C10H8N2/c11-12-10-6-9(7-10)8-4-2-1-3-5-8/h1-6H,7H2. The lowest BCUT2D eigenvalue weighted by molar-refractivity contribution is -0.00623. The summed E-state index contributed by atoms with van der Waals surface area (Å²) in [6, 6.07) is 10.1. The predicted octanol–water partition coefficient (Wildman–Crippen LogP) is 2.14. The molecule has 2 rings (SSSR count). The van der Waals surface area contributed by atoms with E-state index in [0.29, 0.717) is 0 Å². The summed E-state index contributed by atoms with van der Waals surface area (Å²) in [5.41, 5.74) is 11.6. The third kappa shape index (κ3) is 1.09. The third-order valence-electron chi connectivity index (χ3n) is 1.99. The van der Waals surface area contributed by atoms with Crippen molar-refractivity contribution in [1.82, 2.24) is 0 Å². The predicted molar refractivity (Wildman–Crippen MR) is 47.7 cm³/mol. The van der Waals surface area contributed by atoms with Gasteiger partial charge < -0.3 is 5.53 Å². The lowest BCUT2D eigenvalue weighted by atomic mass is 9.90. The highest BCUT2D eigenvalue weighted by atomic mass is 14.9. The van der Waals surface area contributed by atoms with Crippen LogP contribution in [-0.4, -0.2) is 10.5 Å². The summed E-state index contributed by atoms with van der Waals surface area (Å²) in [7, 11) is 0. The molecule has 0 spiro atoms. The summed E-state index contributed by atoms with van der Waals surface area (Å²) >= 11 is 0. The normalized spacial score (nSPS) is 14.7. The summed E-state index contributed by atoms with van der Waals surface area (Å²) in [6.07, 6.45) is 2.68. The van der Waals surface area contributed by atoms with Crippen LogP contribution >= 0.6 is 0 Å². The van der Waals surface area contributed by atoms with Crippen LogP contribution in [-0.2, 0) is 0 Å². The van der Waals surface area contributed by atoms with Crippen LogP contribution in [0.15, 0.2) is 36.4 Å². The Labute approximate surface area is 70.8 Å². The Hall–Kier alpha value is -1.66. The number of allylic oxidation sites excluding steroid dienone is 2. The molecule has 0 N–H and O–H groups in total. The van der Waals surface area contributed by atoms with E-state index in [1.54, 1.807) is 0 Å². The lowest BCUT2D eigenvalue weighted by Crippen LogP contribution is -2.08. The van der Waals surface area contributed by atoms with Gasteiger partial charge in [-0.15, -0.1) is 0 Å². The van der Waals surface area contributed by atoms with Gasteiger partial charge in [0, 0.05) is 6.08 Å². The molecule has 1 aliphatic carbocycles. The van der Waals surface area contributed by atoms with Crippen molar-refractivity contribution in [2.45, 2.75) is 6.42 Å². The molecular formula is C10H8N2. The van der Waals surface area contributed by atoms with Gasteiger partial charge in [0.1, 0.15) is 0 Å². The molecule has 0 heterocycles. The number of hydrogen-bond acceptors (Lipinski definition) is 0. The Kier molecular flexibility index (Phi) is 1.61. The van der Waals surface area contributed by atoms with Crippen molar-refractivity contribution in [2.75, 3.05) is 0 Å². The van der Waals surface area contributed by atoms with Crippen molar-refractivity contribution in [3.05, 3.63) is 47.5 Å². The fraction of sp³-hybridized carbons (Fsp3) is 0.100. The molecule has 0 aromatic heterocycles. The Balaban J connectivity index is 2.31. The van der Waals surface area contributed by atoms with E-state index in [4.69, 9.17) is 5.53 Å². The Bertz CT molecular complexity index is 370. The van der Waals surface area contributed by atoms with E-state index in [1.807, 2.05) is 24.3 Å². The fourth-order valence-corrected chi connectivity index (χ4v) is 1.27. The average Bonchev–Trinajstić information content (AvgIpc) is 2.04. The lowest BCUT2D eigenvalue weighted by Gasteiger charge is -2.09. The van der Waals surface area contributed by atoms with E-state index in [0.717, 1.165) is 12.1 Å². The average molecular weight is 156 g/mol. The first kappa shape index (κ1) is 7.01. The maximum atomic E-state index is 8.39. The zero-order chi connectivity index (χ0) is 8.39. The Morgan fingerprint density at radius 1 is 1.17 bits per heavy atom. The molecule has 0 saturated carbocycles. The third-order valence-corrected chi connectivity index (χ3v) is 1.99. The molecule has 2 heteroatoms. The molecule has 2 nitrogen and oxygen atoms in total. The maximum absolute atomic E-state index is 8.39. The molecule has 0 saturated heterocycles. The van der Waals surface area contributed by atoms with Crippen molar-refractivity contribution >= 4 is 11.3 Å². The van der Waals surface area contributed by atoms with Crippen molar-refractivity contribution in [3.8, 4) is 0 Å². The van der Waals surface area contributed by atoms with Crippen molar-refractivity contribution in [2.24, 2.45) is 0 Å². The van der Waals surface area contributed by atoms with E-state index in [2.05, 4.69) is 16.9 Å². The zero-order valence-electron chi connectivity index (χ0n) is 6.57.